The number of nitrogens with zero attached hydrogens (tertiary/aromatic N) is 1. The second kappa shape index (κ2) is 5.37. The second-order valence-corrected chi connectivity index (χ2v) is 7.42. The minimum Gasteiger partial charge on any atom is -0.363 e. The van der Waals surface area contributed by atoms with Crippen molar-refractivity contribution in [1.82, 2.24) is 0 Å². The molecule has 2 aliphatic heterocycles. The molecule has 0 aliphatic carbocycles. The number of hydrogen-bond donors (Lipinski definition) is 1. The minimum absolute atomic E-state index is 0.185. The summed E-state index contributed by atoms with van der Waals surface area (Å²) in [6.45, 7) is 4.28. The summed E-state index contributed by atoms with van der Waals surface area (Å²) < 4.78 is 0. The quantitative estimate of drug-likeness (QED) is 0.900. The van der Waals surface area contributed by atoms with E-state index in [2.05, 4.69) is 47.9 Å². The van der Waals surface area contributed by atoms with Gasteiger partial charge in [0.25, 0.3) is 0 Å². The van der Waals surface area contributed by atoms with Gasteiger partial charge in [0.1, 0.15) is 0 Å². The predicted octanol–water partition coefficient (Wildman–Crippen LogP) is 3.05. The number of thioether (sulfide) groups is 1. The van der Waals surface area contributed by atoms with E-state index in [1.54, 1.807) is 0 Å². The lowest BCUT2D eigenvalue weighted by atomic mass is 9.92. The van der Waals surface area contributed by atoms with Crippen LogP contribution in [0.4, 0.5) is 5.69 Å². The molecular formula is C16H24N2S. The van der Waals surface area contributed by atoms with Gasteiger partial charge in [-0.3, -0.25) is 0 Å². The lowest BCUT2D eigenvalue weighted by Gasteiger charge is -2.42. The number of rotatable bonds is 2. The summed E-state index contributed by atoms with van der Waals surface area (Å²) >= 11 is 2.08. The largest absolute Gasteiger partial charge is 0.363 e. The molecule has 2 heterocycles. The molecule has 2 nitrogen and oxygen atoms in total. The van der Waals surface area contributed by atoms with E-state index in [9.17, 15) is 0 Å². The van der Waals surface area contributed by atoms with Crippen LogP contribution in [0.3, 0.4) is 0 Å². The van der Waals surface area contributed by atoms with Crippen LogP contribution in [-0.4, -0.2) is 29.6 Å². The van der Waals surface area contributed by atoms with E-state index in [0.29, 0.717) is 0 Å². The highest BCUT2D eigenvalue weighted by molar-refractivity contribution is 8.00. The second-order valence-electron chi connectivity index (χ2n) is 5.99. The summed E-state index contributed by atoms with van der Waals surface area (Å²) in [6.07, 6.45) is 5.03. The van der Waals surface area contributed by atoms with Crippen molar-refractivity contribution in [2.75, 3.05) is 23.7 Å². The maximum atomic E-state index is 6.22. The molecule has 1 aromatic carbocycles. The zero-order valence-corrected chi connectivity index (χ0v) is 12.6. The van der Waals surface area contributed by atoms with Crippen molar-refractivity contribution in [1.29, 1.82) is 0 Å². The zero-order valence-electron chi connectivity index (χ0n) is 11.8. The fourth-order valence-electron chi connectivity index (χ4n) is 3.57. The summed E-state index contributed by atoms with van der Waals surface area (Å²) in [6, 6.07) is 8.94. The van der Waals surface area contributed by atoms with Gasteiger partial charge in [-0.1, -0.05) is 25.1 Å². The maximum Gasteiger partial charge on any atom is 0.0624 e. The average Bonchev–Trinajstić information content (AvgIpc) is 2.70. The third kappa shape index (κ3) is 2.38. The van der Waals surface area contributed by atoms with E-state index in [-0.39, 0.29) is 5.54 Å². The van der Waals surface area contributed by atoms with Crippen LogP contribution in [0.2, 0.25) is 0 Å². The normalized spacial score (nSPS) is 31.1. The van der Waals surface area contributed by atoms with Crippen LogP contribution in [0.15, 0.2) is 24.3 Å². The highest BCUT2D eigenvalue weighted by atomic mass is 32.2. The van der Waals surface area contributed by atoms with Gasteiger partial charge in [0.05, 0.1) is 5.54 Å². The molecule has 0 aromatic heterocycles. The molecule has 1 saturated heterocycles. The molecule has 2 N–H and O–H groups in total. The van der Waals surface area contributed by atoms with Gasteiger partial charge in [-0.15, -0.1) is 0 Å². The molecule has 19 heavy (non-hydrogen) atoms. The van der Waals surface area contributed by atoms with Crippen LogP contribution in [0, 0.1) is 0 Å². The Morgan fingerprint density at radius 2 is 2.21 bits per heavy atom. The Balaban J connectivity index is 1.99. The molecule has 1 aromatic rings. The highest BCUT2D eigenvalue weighted by Crippen LogP contribution is 2.42. The molecule has 1 fully saturated rings. The third-order valence-electron chi connectivity index (χ3n) is 4.62. The van der Waals surface area contributed by atoms with Crippen LogP contribution in [0.25, 0.3) is 0 Å². The number of para-hydroxylation sites is 1. The fraction of sp³-hybridized carbons (Fsp3) is 0.625. The monoisotopic (exact) mass is 276 g/mol. The van der Waals surface area contributed by atoms with E-state index >= 15 is 0 Å². The summed E-state index contributed by atoms with van der Waals surface area (Å²) in [5.74, 6) is 1.18. The number of aryl methyl sites for hydroxylation is 1. The van der Waals surface area contributed by atoms with Gasteiger partial charge in [0.2, 0.25) is 0 Å². The van der Waals surface area contributed by atoms with E-state index in [0.717, 1.165) is 11.8 Å². The summed E-state index contributed by atoms with van der Waals surface area (Å²) in [5, 5.41) is 0.735. The van der Waals surface area contributed by atoms with Crippen molar-refractivity contribution < 1.29 is 0 Å². The molecule has 3 rings (SSSR count). The first kappa shape index (κ1) is 13.3. The van der Waals surface area contributed by atoms with Gasteiger partial charge in [-0.25, -0.2) is 0 Å². The molecule has 2 atom stereocenters. The molecule has 0 amide bonds. The van der Waals surface area contributed by atoms with Crippen molar-refractivity contribution in [3.63, 3.8) is 0 Å². The van der Waals surface area contributed by atoms with Crippen LogP contribution >= 0.6 is 11.8 Å². The van der Waals surface area contributed by atoms with Gasteiger partial charge < -0.3 is 10.6 Å². The number of fused-ring (bicyclic) bond motifs is 1. The van der Waals surface area contributed by atoms with Gasteiger partial charge in [-0.05, 0) is 37.3 Å². The van der Waals surface area contributed by atoms with Crippen LogP contribution in [0.1, 0.15) is 31.7 Å². The number of benzene rings is 1. The first-order chi connectivity index (χ1) is 9.25. The third-order valence-corrected chi connectivity index (χ3v) is 6.06. The molecule has 2 unspecified atom stereocenters. The Morgan fingerprint density at radius 3 is 2.95 bits per heavy atom. The number of hydrogen-bond acceptors (Lipinski definition) is 3. The van der Waals surface area contributed by atoms with Crippen molar-refractivity contribution in [2.45, 2.75) is 43.4 Å². The van der Waals surface area contributed by atoms with E-state index in [4.69, 9.17) is 5.73 Å². The van der Waals surface area contributed by atoms with Crippen LogP contribution in [0.5, 0.6) is 0 Å². The Bertz CT molecular complexity index is 448. The lowest BCUT2D eigenvalue weighted by Crippen LogP contribution is -2.55. The first-order valence-electron chi connectivity index (χ1n) is 7.42. The number of anilines is 1. The smallest absolute Gasteiger partial charge is 0.0624 e. The van der Waals surface area contributed by atoms with Gasteiger partial charge in [0.15, 0.2) is 0 Å². The van der Waals surface area contributed by atoms with E-state index in [1.165, 1.54) is 49.2 Å². The Hall–Kier alpha value is -0.670. The molecule has 0 spiro atoms. The Morgan fingerprint density at radius 1 is 1.37 bits per heavy atom. The van der Waals surface area contributed by atoms with Crippen LogP contribution < -0.4 is 10.6 Å². The molecule has 2 aliphatic rings. The topological polar surface area (TPSA) is 29.3 Å². The first-order valence-corrected chi connectivity index (χ1v) is 8.47. The molecule has 104 valence electrons. The van der Waals surface area contributed by atoms with E-state index < -0.39 is 0 Å². The van der Waals surface area contributed by atoms with Crippen molar-refractivity contribution in [2.24, 2.45) is 5.73 Å². The Labute approximate surface area is 120 Å². The van der Waals surface area contributed by atoms with Gasteiger partial charge in [-0.2, -0.15) is 11.8 Å². The van der Waals surface area contributed by atoms with Gasteiger partial charge >= 0.3 is 0 Å². The SMILES string of the molecule is CC1CC(CN)(N2CCCCc3ccccc32)CS1. The summed E-state index contributed by atoms with van der Waals surface area (Å²) in [5.41, 5.74) is 9.36. The summed E-state index contributed by atoms with van der Waals surface area (Å²) in [4.78, 5) is 2.64. The predicted molar refractivity (Wildman–Crippen MR) is 85.0 cm³/mol. The zero-order chi connectivity index (χ0) is 13.3. The van der Waals surface area contributed by atoms with Crippen LogP contribution in [-0.2, 0) is 6.42 Å². The summed E-state index contributed by atoms with van der Waals surface area (Å²) in [7, 11) is 0. The Kier molecular flexibility index (Phi) is 3.77. The molecule has 0 bridgehead atoms. The molecule has 0 saturated carbocycles. The molecule has 3 heteroatoms. The van der Waals surface area contributed by atoms with Crippen molar-refractivity contribution >= 4 is 17.4 Å². The van der Waals surface area contributed by atoms with E-state index in [1.807, 2.05) is 0 Å². The molecular weight excluding hydrogens is 252 g/mol. The van der Waals surface area contributed by atoms with Crippen molar-refractivity contribution in [3.05, 3.63) is 29.8 Å². The average molecular weight is 276 g/mol. The number of nitrogens with two attached hydrogens (primary N) is 1. The molecule has 0 radical (unpaired) electrons. The standard InChI is InChI=1S/C16H24N2S/c1-13-10-16(11-17,12-19-13)18-9-5-4-7-14-6-2-3-8-15(14)18/h2-3,6,8,13H,4-5,7,9-12,17H2,1H3. The highest BCUT2D eigenvalue weighted by Gasteiger charge is 2.42. The lowest BCUT2D eigenvalue weighted by molar-refractivity contribution is 0.422. The van der Waals surface area contributed by atoms with Crippen molar-refractivity contribution in [3.8, 4) is 0 Å². The van der Waals surface area contributed by atoms with Gasteiger partial charge in [0, 0.05) is 29.8 Å². The fourth-order valence-corrected chi connectivity index (χ4v) is 4.99. The maximum absolute atomic E-state index is 6.22. The minimum atomic E-state index is 0.185.